The molecule has 0 aromatic carbocycles. The number of hydrogen-bond acceptors (Lipinski definition) is 8. The average Bonchev–Trinajstić information content (AvgIpc) is 3.15. The molecule has 0 radical (unpaired) electrons. The second-order valence-electron chi connectivity index (χ2n) is 6.42. The summed E-state index contributed by atoms with van der Waals surface area (Å²) in [4.78, 5) is 27.0. The summed E-state index contributed by atoms with van der Waals surface area (Å²) in [5.74, 6) is 0.182. The molecule has 1 saturated carbocycles. The Morgan fingerprint density at radius 3 is 2.87 bits per heavy atom. The van der Waals surface area contributed by atoms with E-state index in [0.717, 1.165) is 12.8 Å². The van der Waals surface area contributed by atoms with Crippen LogP contribution in [0.5, 0.6) is 0 Å². The minimum absolute atomic E-state index is 0.0748. The van der Waals surface area contributed by atoms with Crippen molar-refractivity contribution >= 4 is 5.82 Å². The fraction of sp³-hybridized carbons (Fsp3) is 0.714. The lowest BCUT2D eigenvalue weighted by Gasteiger charge is -2.36. The first-order valence-electron chi connectivity index (χ1n) is 7.51. The molecular formula is C14H18N4O5. The highest BCUT2D eigenvalue weighted by Gasteiger charge is 2.79. The van der Waals surface area contributed by atoms with Crippen molar-refractivity contribution in [3.05, 3.63) is 27.2 Å². The van der Waals surface area contributed by atoms with Gasteiger partial charge in [0.2, 0.25) is 0 Å². The molecule has 4 atom stereocenters. The Hall–Kier alpha value is -1.84. The molecule has 3 heterocycles. The molecule has 23 heavy (non-hydrogen) atoms. The third kappa shape index (κ3) is 1.72. The number of fused-ring (bicyclic) bond motifs is 3. The van der Waals surface area contributed by atoms with Crippen LogP contribution in [0.15, 0.2) is 16.2 Å². The highest BCUT2D eigenvalue weighted by Crippen LogP contribution is 2.64. The standard InChI is InChI=1S/C14H18N4O5/c1-7-5-18(12(19)17-10(7)15)11-8-9(21-2)14(23-11,6-16-20)13(22-8)3-4-13/h5,8-9,11H,3-4,6H2,1-2H3,(H2,15,17,19)/t8?,9-,11?,14?/m1/s1. The predicted molar refractivity (Wildman–Crippen MR) is 78.8 cm³/mol. The van der Waals surface area contributed by atoms with Crippen LogP contribution < -0.4 is 11.4 Å². The third-order valence-electron chi connectivity index (χ3n) is 5.21. The van der Waals surface area contributed by atoms with Crippen LogP contribution in [0.4, 0.5) is 5.82 Å². The number of anilines is 1. The molecule has 9 nitrogen and oxygen atoms in total. The van der Waals surface area contributed by atoms with Gasteiger partial charge in [0.15, 0.2) is 11.8 Å². The van der Waals surface area contributed by atoms with E-state index in [1.165, 1.54) is 4.57 Å². The second-order valence-corrected chi connectivity index (χ2v) is 6.42. The lowest BCUT2D eigenvalue weighted by molar-refractivity contribution is -0.221. The van der Waals surface area contributed by atoms with Crippen LogP contribution in [-0.4, -0.2) is 46.6 Å². The van der Waals surface area contributed by atoms with Gasteiger partial charge in [-0.1, -0.05) is 5.18 Å². The Balaban J connectivity index is 1.78. The van der Waals surface area contributed by atoms with Gasteiger partial charge >= 0.3 is 5.69 Å². The Bertz CT molecular complexity index is 730. The monoisotopic (exact) mass is 322 g/mol. The van der Waals surface area contributed by atoms with Gasteiger partial charge in [-0.05, 0) is 19.8 Å². The highest BCUT2D eigenvalue weighted by atomic mass is 16.7. The van der Waals surface area contributed by atoms with E-state index in [1.54, 1.807) is 20.2 Å². The molecule has 2 bridgehead atoms. The molecule has 124 valence electrons. The molecule has 1 aromatic heterocycles. The van der Waals surface area contributed by atoms with Crippen LogP contribution >= 0.6 is 0 Å². The van der Waals surface area contributed by atoms with Crippen molar-refractivity contribution < 1.29 is 14.2 Å². The topological polar surface area (TPSA) is 118 Å². The number of aryl methyl sites for hydroxylation is 1. The number of nitrogens with zero attached hydrogens (tertiary/aromatic N) is 3. The number of hydrogen-bond donors (Lipinski definition) is 1. The second kappa shape index (κ2) is 4.59. The minimum atomic E-state index is -0.951. The van der Waals surface area contributed by atoms with E-state index in [2.05, 4.69) is 10.2 Å². The number of ether oxygens (including phenoxy) is 3. The predicted octanol–water partition coefficient (Wildman–Crippen LogP) is 0.114. The minimum Gasteiger partial charge on any atom is -0.383 e. The van der Waals surface area contributed by atoms with E-state index in [-0.39, 0.29) is 12.4 Å². The van der Waals surface area contributed by atoms with Crippen molar-refractivity contribution in [2.45, 2.75) is 49.4 Å². The average molecular weight is 322 g/mol. The molecule has 1 aromatic rings. The number of methoxy groups -OCH3 is 1. The fourth-order valence-corrected chi connectivity index (χ4v) is 3.93. The molecule has 0 amide bonds. The van der Waals surface area contributed by atoms with Gasteiger partial charge < -0.3 is 19.9 Å². The van der Waals surface area contributed by atoms with Crippen molar-refractivity contribution in [2.75, 3.05) is 19.4 Å². The van der Waals surface area contributed by atoms with Crippen molar-refractivity contribution in [3.8, 4) is 0 Å². The number of nitrogen functional groups attached to an aromatic ring is 1. The molecule has 2 aliphatic heterocycles. The van der Waals surface area contributed by atoms with E-state index in [0.29, 0.717) is 5.56 Å². The normalized spacial score (nSPS) is 36.5. The maximum absolute atomic E-state index is 12.2. The van der Waals surface area contributed by atoms with Crippen molar-refractivity contribution in [3.63, 3.8) is 0 Å². The summed E-state index contributed by atoms with van der Waals surface area (Å²) in [6.45, 7) is 1.68. The fourth-order valence-electron chi connectivity index (χ4n) is 3.93. The number of aromatic nitrogens is 2. The summed E-state index contributed by atoms with van der Waals surface area (Å²) in [5.41, 5.74) is 4.33. The van der Waals surface area contributed by atoms with Gasteiger partial charge in [-0.15, -0.1) is 0 Å². The zero-order valence-corrected chi connectivity index (χ0v) is 12.9. The highest BCUT2D eigenvalue weighted by molar-refractivity contribution is 5.35. The first-order valence-corrected chi connectivity index (χ1v) is 7.51. The van der Waals surface area contributed by atoms with Crippen molar-refractivity contribution in [2.24, 2.45) is 5.18 Å². The van der Waals surface area contributed by atoms with Crippen molar-refractivity contribution in [1.29, 1.82) is 0 Å². The number of rotatable bonds is 4. The summed E-state index contributed by atoms with van der Waals surface area (Å²) in [6.07, 6.45) is 1.50. The summed E-state index contributed by atoms with van der Waals surface area (Å²) < 4.78 is 19.2. The van der Waals surface area contributed by atoms with E-state index >= 15 is 0 Å². The zero-order valence-electron chi connectivity index (χ0n) is 12.9. The molecule has 1 spiro atoms. The van der Waals surface area contributed by atoms with Gasteiger partial charge in [-0.25, -0.2) is 4.79 Å². The van der Waals surface area contributed by atoms with Crippen molar-refractivity contribution in [1.82, 2.24) is 9.55 Å². The van der Waals surface area contributed by atoms with E-state index in [1.807, 2.05) is 0 Å². The summed E-state index contributed by atoms with van der Waals surface area (Å²) in [6, 6.07) is 0. The van der Waals surface area contributed by atoms with E-state index in [9.17, 15) is 9.70 Å². The molecule has 3 aliphatic rings. The van der Waals surface area contributed by atoms with E-state index < -0.39 is 35.3 Å². The van der Waals surface area contributed by atoms with Crippen LogP contribution in [0.3, 0.4) is 0 Å². The molecule has 9 heteroatoms. The summed E-state index contributed by atoms with van der Waals surface area (Å²) in [5, 5.41) is 3.05. The molecule has 4 rings (SSSR count). The summed E-state index contributed by atoms with van der Waals surface area (Å²) in [7, 11) is 1.54. The lowest BCUT2D eigenvalue weighted by Crippen LogP contribution is -2.52. The Kier molecular flexibility index (Phi) is 2.94. The van der Waals surface area contributed by atoms with Gasteiger partial charge in [-0.3, -0.25) is 4.57 Å². The number of nitroso groups, excluding NO2 is 1. The van der Waals surface area contributed by atoms with Gasteiger partial charge in [0, 0.05) is 18.9 Å². The van der Waals surface area contributed by atoms with Gasteiger partial charge in [0.05, 0.1) is 0 Å². The van der Waals surface area contributed by atoms with Crippen LogP contribution in [0.2, 0.25) is 0 Å². The quantitative estimate of drug-likeness (QED) is 0.782. The molecule has 3 unspecified atom stereocenters. The smallest absolute Gasteiger partial charge is 0.351 e. The van der Waals surface area contributed by atoms with Gasteiger partial charge in [-0.2, -0.15) is 9.89 Å². The zero-order chi connectivity index (χ0) is 16.4. The Morgan fingerprint density at radius 1 is 1.52 bits per heavy atom. The SMILES string of the molecule is CO[C@@H]1C2OC3(CC3)C1(CN=O)OC2n1cc(C)c(N)nc1=O. The lowest BCUT2D eigenvalue weighted by atomic mass is 9.90. The molecule has 1 aliphatic carbocycles. The maximum Gasteiger partial charge on any atom is 0.351 e. The summed E-state index contributed by atoms with van der Waals surface area (Å²) >= 11 is 0. The van der Waals surface area contributed by atoms with Gasteiger partial charge in [0.25, 0.3) is 0 Å². The van der Waals surface area contributed by atoms with Crippen LogP contribution in [0.1, 0.15) is 24.6 Å². The first kappa shape index (κ1) is 14.7. The first-order chi connectivity index (χ1) is 11.0. The Labute approximate surface area is 131 Å². The molecular weight excluding hydrogens is 304 g/mol. The van der Waals surface area contributed by atoms with Crippen LogP contribution in [-0.2, 0) is 14.2 Å². The molecule has 2 saturated heterocycles. The number of nitrogens with two attached hydrogens (primary N) is 1. The maximum atomic E-state index is 12.2. The van der Waals surface area contributed by atoms with Gasteiger partial charge in [0.1, 0.15) is 30.2 Å². The molecule has 2 N–H and O–H groups in total. The third-order valence-corrected chi connectivity index (χ3v) is 5.21. The Morgan fingerprint density at radius 2 is 2.26 bits per heavy atom. The van der Waals surface area contributed by atoms with Crippen LogP contribution in [0.25, 0.3) is 0 Å². The molecule has 3 fully saturated rings. The van der Waals surface area contributed by atoms with Crippen LogP contribution in [0, 0.1) is 11.8 Å². The van der Waals surface area contributed by atoms with E-state index in [4.69, 9.17) is 19.9 Å². The largest absolute Gasteiger partial charge is 0.383 e.